The van der Waals surface area contributed by atoms with Gasteiger partial charge in [0.15, 0.2) is 0 Å². The summed E-state index contributed by atoms with van der Waals surface area (Å²) < 4.78 is 0. The van der Waals surface area contributed by atoms with Crippen molar-refractivity contribution in [2.24, 2.45) is 0 Å². The zero-order chi connectivity index (χ0) is 12.6. The minimum atomic E-state index is 1.02. The zero-order valence-corrected chi connectivity index (χ0v) is 11.3. The van der Waals surface area contributed by atoms with E-state index >= 15 is 0 Å². The molecule has 0 unspecified atom stereocenters. The third-order valence-electron chi connectivity index (χ3n) is 2.64. The van der Waals surface area contributed by atoms with Crippen LogP contribution in [0.4, 0.5) is 0 Å². The van der Waals surface area contributed by atoms with Crippen molar-refractivity contribution in [1.82, 2.24) is 0 Å². The molecule has 0 radical (unpaired) electrons. The Bertz CT molecular complexity index is 346. The highest BCUT2D eigenvalue weighted by Crippen LogP contribution is 2.19. The normalized spacial score (nSPS) is 14.7. The molecule has 0 N–H and O–H groups in total. The van der Waals surface area contributed by atoms with Gasteiger partial charge in [-0.25, -0.2) is 0 Å². The van der Waals surface area contributed by atoms with Crippen LogP contribution in [0.25, 0.3) is 0 Å². The topological polar surface area (TPSA) is 0 Å². The Morgan fingerprint density at radius 2 is 1.69 bits per heavy atom. The predicted octanol–water partition coefficient (Wildman–Crippen LogP) is 5.37. The first-order chi connectivity index (χ1) is 7.56. The lowest BCUT2D eigenvalue weighted by atomic mass is 9.98. The maximum absolute atomic E-state index is 4.13. The van der Waals surface area contributed by atoms with Crippen LogP contribution in [0.2, 0.25) is 0 Å². The first-order valence-corrected chi connectivity index (χ1v) is 5.89. The Kier molecular flexibility index (Phi) is 7.28. The van der Waals surface area contributed by atoms with Crippen LogP contribution >= 0.6 is 0 Å². The predicted molar refractivity (Wildman–Crippen MR) is 75.5 cm³/mol. The van der Waals surface area contributed by atoms with Gasteiger partial charge in [-0.1, -0.05) is 49.5 Å². The molecule has 0 atom stereocenters. The largest absolute Gasteiger partial charge is 0.0915 e. The number of hydrogen-bond acceptors (Lipinski definition) is 0. The lowest BCUT2D eigenvalue weighted by molar-refractivity contribution is 1.10. The van der Waals surface area contributed by atoms with E-state index < -0.39 is 0 Å². The average molecular weight is 216 g/mol. The van der Waals surface area contributed by atoms with Gasteiger partial charge in [0.1, 0.15) is 0 Å². The Balaban J connectivity index is 4.95. The molecule has 0 aromatic carbocycles. The van der Waals surface area contributed by atoms with Gasteiger partial charge in [-0.05, 0) is 50.8 Å². The number of hydrogen-bond donors (Lipinski definition) is 0. The van der Waals surface area contributed by atoms with Gasteiger partial charge in [0.2, 0.25) is 0 Å². The fourth-order valence-corrected chi connectivity index (χ4v) is 1.54. The SMILES string of the molecule is C=C(/C=C\C(C)=C/C)/C(CC)=C(C)/C=C\C. The van der Waals surface area contributed by atoms with Gasteiger partial charge < -0.3 is 0 Å². The van der Waals surface area contributed by atoms with Gasteiger partial charge >= 0.3 is 0 Å². The molecule has 0 nitrogen and oxygen atoms in total. The number of allylic oxidation sites excluding steroid dienone is 9. The van der Waals surface area contributed by atoms with Crippen LogP contribution in [0.3, 0.4) is 0 Å². The Morgan fingerprint density at radius 3 is 2.12 bits per heavy atom. The van der Waals surface area contributed by atoms with Crippen LogP contribution in [0.1, 0.15) is 41.0 Å². The highest BCUT2D eigenvalue weighted by molar-refractivity contribution is 5.44. The Morgan fingerprint density at radius 1 is 1.06 bits per heavy atom. The molecule has 0 amide bonds. The molecule has 0 spiro atoms. The lowest BCUT2D eigenvalue weighted by Gasteiger charge is -2.07. The second-order valence-corrected chi connectivity index (χ2v) is 3.91. The number of rotatable bonds is 5. The quantitative estimate of drug-likeness (QED) is 0.542. The first-order valence-electron chi connectivity index (χ1n) is 5.89. The molecule has 0 saturated carbocycles. The highest BCUT2D eigenvalue weighted by atomic mass is 14.1. The average Bonchev–Trinajstić information content (AvgIpc) is 2.27. The smallest absolute Gasteiger partial charge is 0.0294 e. The second-order valence-electron chi connectivity index (χ2n) is 3.91. The van der Waals surface area contributed by atoms with Crippen LogP contribution in [-0.4, -0.2) is 0 Å². The van der Waals surface area contributed by atoms with Crippen molar-refractivity contribution in [2.45, 2.75) is 41.0 Å². The third kappa shape index (κ3) is 4.97. The molecule has 0 aliphatic heterocycles. The van der Waals surface area contributed by atoms with Gasteiger partial charge in [0, 0.05) is 0 Å². The van der Waals surface area contributed by atoms with E-state index in [1.54, 1.807) is 0 Å². The summed E-state index contributed by atoms with van der Waals surface area (Å²) in [6.07, 6.45) is 11.5. The summed E-state index contributed by atoms with van der Waals surface area (Å²) in [7, 11) is 0. The fraction of sp³-hybridized carbons (Fsp3) is 0.375. The minimum absolute atomic E-state index is 1.02. The van der Waals surface area contributed by atoms with Crippen LogP contribution in [0.15, 0.2) is 59.3 Å². The molecule has 0 fully saturated rings. The summed E-state index contributed by atoms with van der Waals surface area (Å²) in [4.78, 5) is 0. The van der Waals surface area contributed by atoms with Gasteiger partial charge in [0.25, 0.3) is 0 Å². The van der Waals surface area contributed by atoms with Crippen molar-refractivity contribution in [3.63, 3.8) is 0 Å². The molecular weight excluding hydrogens is 192 g/mol. The van der Waals surface area contributed by atoms with Gasteiger partial charge in [-0.2, -0.15) is 0 Å². The van der Waals surface area contributed by atoms with E-state index in [0.717, 1.165) is 12.0 Å². The van der Waals surface area contributed by atoms with Crippen molar-refractivity contribution in [3.8, 4) is 0 Å². The monoisotopic (exact) mass is 216 g/mol. The van der Waals surface area contributed by atoms with Crippen molar-refractivity contribution in [3.05, 3.63) is 59.3 Å². The summed E-state index contributed by atoms with van der Waals surface area (Å²) >= 11 is 0. The molecule has 16 heavy (non-hydrogen) atoms. The molecule has 0 saturated heterocycles. The summed E-state index contributed by atoms with van der Waals surface area (Å²) in [5.74, 6) is 0. The van der Waals surface area contributed by atoms with Crippen LogP contribution in [-0.2, 0) is 0 Å². The maximum Gasteiger partial charge on any atom is -0.0294 e. The summed E-state index contributed by atoms with van der Waals surface area (Å²) in [5.41, 5.74) is 5.01. The molecule has 0 rings (SSSR count). The van der Waals surface area contributed by atoms with E-state index in [4.69, 9.17) is 0 Å². The lowest BCUT2D eigenvalue weighted by Crippen LogP contribution is -1.88. The van der Waals surface area contributed by atoms with E-state index in [1.807, 2.05) is 13.8 Å². The van der Waals surface area contributed by atoms with Crippen molar-refractivity contribution in [1.29, 1.82) is 0 Å². The Labute approximate surface area is 101 Å². The highest BCUT2D eigenvalue weighted by Gasteiger charge is 2.00. The van der Waals surface area contributed by atoms with Crippen molar-refractivity contribution >= 4 is 0 Å². The third-order valence-corrected chi connectivity index (χ3v) is 2.64. The molecule has 0 aromatic rings. The second kappa shape index (κ2) is 7.92. The fourth-order valence-electron chi connectivity index (χ4n) is 1.54. The van der Waals surface area contributed by atoms with Gasteiger partial charge in [-0.3, -0.25) is 0 Å². The summed E-state index contributed by atoms with van der Waals surface area (Å²) in [6.45, 7) is 14.6. The van der Waals surface area contributed by atoms with E-state index in [0.29, 0.717) is 0 Å². The van der Waals surface area contributed by atoms with Gasteiger partial charge in [0.05, 0.1) is 0 Å². The molecule has 0 bridgehead atoms. The molecular formula is C16H24. The molecule has 0 heteroatoms. The van der Waals surface area contributed by atoms with Crippen LogP contribution < -0.4 is 0 Å². The van der Waals surface area contributed by atoms with Crippen molar-refractivity contribution in [2.75, 3.05) is 0 Å². The van der Waals surface area contributed by atoms with E-state index in [-0.39, 0.29) is 0 Å². The standard InChI is InChI=1S/C16H24/c1-7-10-14(5)16(9-3)15(6)12-11-13(4)8-2/h7-8,10-12H,6,9H2,1-5H3/b10-7-,12-11-,13-8-,16-14+. The zero-order valence-electron chi connectivity index (χ0n) is 11.3. The molecule has 0 heterocycles. The van der Waals surface area contributed by atoms with E-state index in [1.165, 1.54) is 16.7 Å². The summed E-state index contributed by atoms with van der Waals surface area (Å²) in [6, 6.07) is 0. The maximum atomic E-state index is 4.13. The van der Waals surface area contributed by atoms with Gasteiger partial charge in [-0.15, -0.1) is 0 Å². The van der Waals surface area contributed by atoms with Crippen LogP contribution in [0.5, 0.6) is 0 Å². The minimum Gasteiger partial charge on any atom is -0.0915 e. The Hall–Kier alpha value is -1.30. The molecule has 0 aromatic heterocycles. The summed E-state index contributed by atoms with van der Waals surface area (Å²) in [5, 5.41) is 0. The van der Waals surface area contributed by atoms with E-state index in [9.17, 15) is 0 Å². The molecule has 0 aliphatic carbocycles. The molecule has 88 valence electrons. The van der Waals surface area contributed by atoms with Crippen molar-refractivity contribution < 1.29 is 0 Å². The first kappa shape index (κ1) is 14.7. The molecule has 0 aliphatic rings. The van der Waals surface area contributed by atoms with Crippen LogP contribution in [0, 0.1) is 0 Å². The van der Waals surface area contributed by atoms with E-state index in [2.05, 4.69) is 57.7 Å².